The van der Waals surface area contributed by atoms with Crippen LogP contribution < -0.4 is 0 Å². The Morgan fingerprint density at radius 2 is 2.06 bits per heavy atom. The van der Waals surface area contributed by atoms with Crippen molar-refractivity contribution in [1.82, 2.24) is 5.01 Å². The van der Waals surface area contributed by atoms with Gasteiger partial charge in [-0.1, -0.05) is 51.2 Å². The molecule has 3 atom stereocenters. The van der Waals surface area contributed by atoms with Gasteiger partial charge in [-0.25, -0.2) is 0 Å². The smallest absolute Gasteiger partial charge is 0.108 e. The van der Waals surface area contributed by atoms with Gasteiger partial charge in [0.05, 0.1) is 6.04 Å². The summed E-state index contributed by atoms with van der Waals surface area (Å²) >= 11 is 0. The van der Waals surface area contributed by atoms with Crippen LogP contribution in [0, 0.1) is 5.92 Å². The minimum atomic E-state index is 0.165. The molecule has 1 aliphatic carbocycles. The number of nitrogens with zero attached hydrogens (tertiary/aromatic N) is 3. The summed E-state index contributed by atoms with van der Waals surface area (Å²) in [4.78, 5) is 0. The molecule has 3 nitrogen and oxygen atoms in total. The first-order valence-corrected chi connectivity index (χ1v) is 7.90. The van der Waals surface area contributed by atoms with Crippen molar-refractivity contribution in [3.8, 4) is 0 Å². The van der Waals surface area contributed by atoms with Crippen molar-refractivity contribution in [3.63, 3.8) is 0 Å². The van der Waals surface area contributed by atoms with Crippen molar-refractivity contribution in [2.45, 2.75) is 83.2 Å². The molecule has 0 saturated heterocycles. The van der Waals surface area contributed by atoms with Gasteiger partial charge in [0.2, 0.25) is 0 Å². The quantitative estimate of drug-likeness (QED) is 0.678. The Morgan fingerprint density at radius 1 is 1.22 bits per heavy atom. The zero-order chi connectivity index (χ0) is 13.0. The highest BCUT2D eigenvalue weighted by Crippen LogP contribution is 2.47. The summed E-state index contributed by atoms with van der Waals surface area (Å²) in [6.07, 6.45) is 11.8. The number of likely N-dealkylation sites (N-methyl/N-ethyl adjacent to an activating group) is 1. The van der Waals surface area contributed by atoms with Crippen LogP contribution >= 0.6 is 0 Å². The molecule has 2 rings (SSSR count). The maximum atomic E-state index is 4.79. The van der Waals surface area contributed by atoms with Gasteiger partial charge in [0, 0.05) is 7.05 Å². The number of hydrogen-bond donors (Lipinski definition) is 0. The summed E-state index contributed by atoms with van der Waals surface area (Å²) in [5.74, 6) is 0.751. The largest absolute Gasteiger partial charge is 0.276 e. The lowest BCUT2D eigenvalue weighted by molar-refractivity contribution is 0.0993. The molecule has 1 aliphatic heterocycles. The third-order valence-corrected chi connectivity index (χ3v) is 4.96. The standard InChI is InChI=1S/C15H29N3/c1-4-6-10-13(9-5-2)15-12-8-7-11-14(15)18(3)17-16-15/h13-14H,4-12H2,1-3H3. The van der Waals surface area contributed by atoms with E-state index in [-0.39, 0.29) is 5.54 Å². The highest BCUT2D eigenvalue weighted by atomic mass is 15.6. The molecule has 0 radical (unpaired) electrons. The van der Waals surface area contributed by atoms with Crippen LogP contribution in [-0.4, -0.2) is 23.6 Å². The van der Waals surface area contributed by atoms with E-state index < -0.39 is 0 Å². The monoisotopic (exact) mass is 251 g/mol. The molecule has 0 spiro atoms. The van der Waals surface area contributed by atoms with Crippen molar-refractivity contribution < 1.29 is 0 Å². The molecule has 1 heterocycles. The molecule has 18 heavy (non-hydrogen) atoms. The SMILES string of the molecule is CCCCC(CCC)C12CCCCC1N(C)N=N2. The predicted octanol–water partition coefficient (Wildman–Crippen LogP) is 4.59. The third-order valence-electron chi connectivity index (χ3n) is 4.96. The van der Waals surface area contributed by atoms with Gasteiger partial charge in [0.25, 0.3) is 0 Å². The van der Waals surface area contributed by atoms with Gasteiger partial charge in [-0.2, -0.15) is 5.11 Å². The fourth-order valence-corrected chi connectivity index (χ4v) is 4.01. The van der Waals surface area contributed by atoms with Crippen LogP contribution in [0.4, 0.5) is 0 Å². The Morgan fingerprint density at radius 3 is 2.78 bits per heavy atom. The maximum Gasteiger partial charge on any atom is 0.108 e. The van der Waals surface area contributed by atoms with Crippen LogP contribution in [0.15, 0.2) is 10.3 Å². The van der Waals surface area contributed by atoms with Crippen LogP contribution in [0.2, 0.25) is 0 Å². The molecule has 3 heteroatoms. The van der Waals surface area contributed by atoms with E-state index in [0.717, 1.165) is 5.92 Å². The highest BCUT2D eigenvalue weighted by Gasteiger charge is 2.51. The first-order valence-electron chi connectivity index (χ1n) is 7.90. The maximum absolute atomic E-state index is 4.79. The molecule has 0 bridgehead atoms. The first-order chi connectivity index (χ1) is 8.74. The van der Waals surface area contributed by atoms with Crippen LogP contribution in [0.1, 0.15) is 71.6 Å². The second-order valence-corrected chi connectivity index (χ2v) is 6.14. The van der Waals surface area contributed by atoms with Crippen molar-refractivity contribution in [2.75, 3.05) is 7.05 Å². The Labute approximate surface area is 112 Å². The van der Waals surface area contributed by atoms with Gasteiger partial charge >= 0.3 is 0 Å². The summed E-state index contributed by atoms with van der Waals surface area (Å²) in [6, 6.07) is 0.583. The van der Waals surface area contributed by atoms with Crippen molar-refractivity contribution >= 4 is 0 Å². The minimum Gasteiger partial charge on any atom is -0.276 e. The van der Waals surface area contributed by atoms with Crippen molar-refractivity contribution in [1.29, 1.82) is 0 Å². The Kier molecular flexibility index (Phi) is 4.63. The van der Waals surface area contributed by atoms with E-state index in [1.807, 2.05) is 0 Å². The van der Waals surface area contributed by atoms with Gasteiger partial charge in [0.1, 0.15) is 5.54 Å². The Hall–Kier alpha value is -0.600. The summed E-state index contributed by atoms with van der Waals surface area (Å²) in [6.45, 7) is 4.60. The second kappa shape index (κ2) is 6.03. The highest BCUT2D eigenvalue weighted by molar-refractivity contribution is 5.07. The molecular weight excluding hydrogens is 222 g/mol. The van der Waals surface area contributed by atoms with Gasteiger partial charge in [0.15, 0.2) is 0 Å². The fraction of sp³-hybridized carbons (Fsp3) is 1.00. The lowest BCUT2D eigenvalue weighted by atomic mass is 9.67. The van der Waals surface area contributed by atoms with Crippen molar-refractivity contribution in [3.05, 3.63) is 0 Å². The van der Waals surface area contributed by atoms with Gasteiger partial charge in [-0.05, 0) is 31.6 Å². The molecule has 0 aromatic rings. The zero-order valence-corrected chi connectivity index (χ0v) is 12.4. The molecule has 0 N–H and O–H groups in total. The summed E-state index contributed by atoms with van der Waals surface area (Å²) in [5, 5.41) is 11.4. The topological polar surface area (TPSA) is 28.0 Å². The van der Waals surface area contributed by atoms with Gasteiger partial charge < -0.3 is 0 Å². The normalized spacial score (nSPS) is 32.6. The van der Waals surface area contributed by atoms with Gasteiger partial charge in [-0.3, -0.25) is 5.01 Å². The summed E-state index contributed by atoms with van der Waals surface area (Å²) in [7, 11) is 2.12. The summed E-state index contributed by atoms with van der Waals surface area (Å²) in [5.41, 5.74) is 0.165. The zero-order valence-electron chi connectivity index (χ0n) is 12.4. The minimum absolute atomic E-state index is 0.165. The van der Waals surface area contributed by atoms with E-state index in [1.54, 1.807) is 0 Å². The fourth-order valence-electron chi connectivity index (χ4n) is 4.01. The van der Waals surface area contributed by atoms with Crippen molar-refractivity contribution in [2.24, 2.45) is 16.3 Å². The first kappa shape index (κ1) is 13.8. The number of rotatable bonds is 6. The number of unbranched alkanes of at least 4 members (excludes halogenated alkanes) is 1. The molecule has 1 saturated carbocycles. The molecule has 0 aromatic carbocycles. The number of hydrogen-bond acceptors (Lipinski definition) is 3. The lowest BCUT2D eigenvalue weighted by Crippen LogP contribution is -2.51. The molecule has 104 valence electrons. The predicted molar refractivity (Wildman–Crippen MR) is 75.5 cm³/mol. The Balaban J connectivity index is 2.16. The van der Waals surface area contributed by atoms with E-state index in [1.165, 1.54) is 57.8 Å². The van der Waals surface area contributed by atoms with Crippen LogP contribution in [0.25, 0.3) is 0 Å². The Bertz CT molecular complexity index is 289. The van der Waals surface area contributed by atoms with E-state index in [4.69, 9.17) is 5.11 Å². The average Bonchev–Trinajstić information content (AvgIpc) is 2.74. The molecule has 0 aromatic heterocycles. The molecule has 0 amide bonds. The van der Waals surface area contributed by atoms with E-state index in [2.05, 4.69) is 31.1 Å². The molecule has 1 fully saturated rings. The average molecular weight is 251 g/mol. The van der Waals surface area contributed by atoms with E-state index in [0.29, 0.717) is 6.04 Å². The van der Waals surface area contributed by atoms with E-state index >= 15 is 0 Å². The molecular formula is C15H29N3. The third kappa shape index (κ3) is 2.41. The summed E-state index contributed by atoms with van der Waals surface area (Å²) < 4.78 is 0. The van der Waals surface area contributed by atoms with Gasteiger partial charge in [-0.15, -0.1) is 0 Å². The lowest BCUT2D eigenvalue weighted by Gasteiger charge is -2.43. The van der Waals surface area contributed by atoms with Crippen LogP contribution in [-0.2, 0) is 0 Å². The molecule has 2 aliphatic rings. The van der Waals surface area contributed by atoms with Crippen LogP contribution in [0.5, 0.6) is 0 Å². The second-order valence-electron chi connectivity index (χ2n) is 6.14. The number of fused-ring (bicyclic) bond motifs is 1. The molecule has 3 unspecified atom stereocenters. The van der Waals surface area contributed by atoms with E-state index in [9.17, 15) is 0 Å². The van der Waals surface area contributed by atoms with Crippen LogP contribution in [0.3, 0.4) is 0 Å².